The number of halogens is 2. The lowest BCUT2D eigenvalue weighted by atomic mass is 10.0. The molecule has 0 radical (unpaired) electrons. The number of aromatic carboxylic acids is 1. The van der Waals surface area contributed by atoms with Crippen LogP contribution in [-0.4, -0.2) is 17.0 Å². The first-order chi connectivity index (χ1) is 13.9. The number of rotatable bonds is 4. The summed E-state index contributed by atoms with van der Waals surface area (Å²) in [6.07, 6.45) is 0. The van der Waals surface area contributed by atoms with Gasteiger partial charge in [0.15, 0.2) is 0 Å². The molecule has 0 saturated carbocycles. The van der Waals surface area contributed by atoms with Crippen molar-refractivity contribution in [3.05, 3.63) is 88.0 Å². The van der Waals surface area contributed by atoms with Crippen molar-refractivity contribution in [3.8, 4) is 11.1 Å². The van der Waals surface area contributed by atoms with Gasteiger partial charge in [-0.05, 0) is 40.6 Å². The van der Waals surface area contributed by atoms with E-state index in [0.717, 1.165) is 22.1 Å². The maximum Gasteiger partial charge on any atom is 0.339 e. The Morgan fingerprint density at radius 1 is 1.00 bits per heavy atom. The lowest BCUT2D eigenvalue weighted by Gasteiger charge is -2.07. The summed E-state index contributed by atoms with van der Waals surface area (Å²) in [5, 5.41) is 16.0. The third-order valence-electron chi connectivity index (χ3n) is 4.47. The molecule has 3 aromatic carbocycles. The zero-order valence-electron chi connectivity index (χ0n) is 14.8. The molecular formula is C22H13ClFNO3S. The number of anilines is 1. The smallest absolute Gasteiger partial charge is 0.339 e. The van der Waals surface area contributed by atoms with Gasteiger partial charge in [-0.2, -0.15) is 0 Å². The third kappa shape index (κ3) is 3.72. The molecule has 0 aliphatic heterocycles. The minimum absolute atomic E-state index is 0.0503. The molecule has 2 N–H and O–H groups in total. The SMILES string of the molecule is O=C(Nc1scc(-c2ccc(Cl)c(F)c2)c1C(=O)O)c1ccc2ccccc2c1. The van der Waals surface area contributed by atoms with E-state index in [0.29, 0.717) is 16.7 Å². The fourth-order valence-corrected chi connectivity index (χ4v) is 4.12. The van der Waals surface area contributed by atoms with Crippen molar-refractivity contribution in [1.82, 2.24) is 0 Å². The van der Waals surface area contributed by atoms with Gasteiger partial charge in [0.25, 0.3) is 5.91 Å². The van der Waals surface area contributed by atoms with Crippen molar-refractivity contribution < 1.29 is 19.1 Å². The minimum atomic E-state index is -1.22. The number of thiophene rings is 1. The van der Waals surface area contributed by atoms with Gasteiger partial charge in [-0.25, -0.2) is 9.18 Å². The second-order valence-corrected chi connectivity index (χ2v) is 7.59. The second-order valence-electron chi connectivity index (χ2n) is 6.30. The predicted octanol–water partition coefficient (Wildman–Crippen LogP) is 6.31. The number of hydrogen-bond acceptors (Lipinski definition) is 3. The van der Waals surface area contributed by atoms with E-state index in [-0.39, 0.29) is 15.6 Å². The van der Waals surface area contributed by atoms with Crippen LogP contribution >= 0.6 is 22.9 Å². The quantitative estimate of drug-likeness (QED) is 0.402. The van der Waals surface area contributed by atoms with E-state index in [2.05, 4.69) is 5.32 Å². The van der Waals surface area contributed by atoms with Gasteiger partial charge >= 0.3 is 5.97 Å². The first kappa shape index (κ1) is 19.1. The number of hydrogen-bond donors (Lipinski definition) is 2. The van der Waals surface area contributed by atoms with E-state index in [1.54, 1.807) is 17.5 Å². The monoisotopic (exact) mass is 425 g/mol. The summed E-state index contributed by atoms with van der Waals surface area (Å²) < 4.78 is 13.8. The van der Waals surface area contributed by atoms with Crippen LogP contribution < -0.4 is 5.32 Å². The molecule has 0 aliphatic carbocycles. The Hall–Kier alpha value is -3.22. The highest BCUT2D eigenvalue weighted by atomic mass is 35.5. The van der Waals surface area contributed by atoms with E-state index in [4.69, 9.17) is 11.6 Å². The Labute approximate surface area is 174 Å². The largest absolute Gasteiger partial charge is 0.478 e. The molecule has 7 heteroatoms. The number of fused-ring (bicyclic) bond motifs is 1. The molecule has 0 aliphatic rings. The number of carboxylic acids is 1. The molecule has 144 valence electrons. The molecule has 4 aromatic rings. The van der Waals surface area contributed by atoms with E-state index < -0.39 is 17.7 Å². The maximum atomic E-state index is 13.8. The van der Waals surface area contributed by atoms with Crippen LogP contribution in [0.1, 0.15) is 20.7 Å². The average Bonchev–Trinajstić information content (AvgIpc) is 3.13. The molecule has 0 fully saturated rings. The van der Waals surface area contributed by atoms with Crippen LogP contribution in [0, 0.1) is 5.82 Å². The van der Waals surface area contributed by atoms with E-state index in [1.165, 1.54) is 18.2 Å². The topological polar surface area (TPSA) is 66.4 Å². The molecule has 0 saturated heterocycles. The number of carbonyl (C=O) groups is 2. The molecule has 1 aromatic heterocycles. The summed E-state index contributed by atoms with van der Waals surface area (Å²) in [5.74, 6) is -2.28. The van der Waals surface area contributed by atoms with Crippen molar-refractivity contribution in [2.45, 2.75) is 0 Å². The fraction of sp³-hybridized carbons (Fsp3) is 0. The molecule has 0 unspecified atom stereocenters. The number of carboxylic acid groups (broad SMARTS) is 1. The van der Waals surface area contributed by atoms with E-state index >= 15 is 0 Å². The van der Waals surface area contributed by atoms with Gasteiger partial charge in [0.1, 0.15) is 16.4 Å². The Kier molecular flexibility index (Phi) is 5.05. The number of amides is 1. The van der Waals surface area contributed by atoms with Crippen LogP contribution in [0.2, 0.25) is 5.02 Å². The fourth-order valence-electron chi connectivity index (χ4n) is 3.04. The van der Waals surface area contributed by atoms with Gasteiger partial charge in [-0.3, -0.25) is 4.79 Å². The Balaban J connectivity index is 1.69. The van der Waals surface area contributed by atoms with Crippen molar-refractivity contribution in [2.24, 2.45) is 0 Å². The van der Waals surface area contributed by atoms with Crippen LogP contribution in [0.25, 0.3) is 21.9 Å². The van der Waals surface area contributed by atoms with Crippen molar-refractivity contribution >= 4 is 50.6 Å². The summed E-state index contributed by atoms with van der Waals surface area (Å²) in [6.45, 7) is 0. The van der Waals surface area contributed by atoms with Crippen LogP contribution in [0.4, 0.5) is 9.39 Å². The zero-order valence-corrected chi connectivity index (χ0v) is 16.4. The number of benzene rings is 3. The highest BCUT2D eigenvalue weighted by Gasteiger charge is 2.22. The standard InChI is InChI=1S/C22H13ClFNO3S/c23-17-8-7-14(10-18(17)24)16-11-29-21(19(16)22(27)28)25-20(26)15-6-5-12-3-1-2-4-13(12)9-15/h1-11H,(H,25,26)(H,27,28). The van der Waals surface area contributed by atoms with Gasteiger partial charge in [0, 0.05) is 16.5 Å². The van der Waals surface area contributed by atoms with Crippen LogP contribution in [-0.2, 0) is 0 Å². The molecule has 4 rings (SSSR count). The van der Waals surface area contributed by atoms with Crippen LogP contribution in [0.15, 0.2) is 66.0 Å². The van der Waals surface area contributed by atoms with Crippen molar-refractivity contribution in [2.75, 3.05) is 5.32 Å². The summed E-state index contributed by atoms with van der Waals surface area (Å²) in [7, 11) is 0. The first-order valence-electron chi connectivity index (χ1n) is 8.54. The van der Waals surface area contributed by atoms with Crippen LogP contribution in [0.3, 0.4) is 0 Å². The first-order valence-corrected chi connectivity index (χ1v) is 9.80. The van der Waals surface area contributed by atoms with Gasteiger partial charge in [0.2, 0.25) is 0 Å². The average molecular weight is 426 g/mol. The number of carbonyl (C=O) groups excluding carboxylic acids is 1. The molecule has 4 nitrogen and oxygen atoms in total. The molecule has 0 spiro atoms. The Morgan fingerprint density at radius 2 is 1.76 bits per heavy atom. The van der Waals surface area contributed by atoms with E-state index in [1.807, 2.05) is 30.3 Å². The molecule has 1 heterocycles. The van der Waals surface area contributed by atoms with Gasteiger partial charge in [-0.15, -0.1) is 11.3 Å². The van der Waals surface area contributed by atoms with Crippen molar-refractivity contribution in [3.63, 3.8) is 0 Å². The highest BCUT2D eigenvalue weighted by molar-refractivity contribution is 7.15. The van der Waals surface area contributed by atoms with E-state index in [9.17, 15) is 19.1 Å². The van der Waals surface area contributed by atoms with Gasteiger partial charge in [-0.1, -0.05) is 48.0 Å². The normalized spacial score (nSPS) is 10.8. The highest BCUT2D eigenvalue weighted by Crippen LogP contribution is 2.37. The Morgan fingerprint density at radius 3 is 2.48 bits per heavy atom. The van der Waals surface area contributed by atoms with Gasteiger partial charge < -0.3 is 10.4 Å². The molecular weight excluding hydrogens is 413 g/mol. The molecule has 0 bridgehead atoms. The zero-order chi connectivity index (χ0) is 20.5. The van der Waals surface area contributed by atoms with Gasteiger partial charge in [0.05, 0.1) is 5.02 Å². The van der Waals surface area contributed by atoms with Crippen LogP contribution in [0.5, 0.6) is 0 Å². The molecule has 0 atom stereocenters. The lowest BCUT2D eigenvalue weighted by Crippen LogP contribution is -2.13. The summed E-state index contributed by atoms with van der Waals surface area (Å²) in [4.78, 5) is 24.6. The summed E-state index contributed by atoms with van der Waals surface area (Å²) in [5.41, 5.74) is 0.997. The number of nitrogens with one attached hydrogen (secondary N) is 1. The summed E-state index contributed by atoms with van der Waals surface area (Å²) in [6, 6.07) is 17.0. The predicted molar refractivity (Wildman–Crippen MR) is 114 cm³/mol. The minimum Gasteiger partial charge on any atom is -0.478 e. The third-order valence-corrected chi connectivity index (χ3v) is 5.68. The summed E-state index contributed by atoms with van der Waals surface area (Å²) >= 11 is 6.78. The molecule has 1 amide bonds. The second kappa shape index (κ2) is 7.66. The molecule has 29 heavy (non-hydrogen) atoms. The lowest BCUT2D eigenvalue weighted by molar-refractivity contribution is 0.0699. The Bertz CT molecular complexity index is 1270. The van der Waals surface area contributed by atoms with Crippen molar-refractivity contribution in [1.29, 1.82) is 0 Å². The maximum absolute atomic E-state index is 13.8.